The molecule has 128 valence electrons. The van der Waals surface area contributed by atoms with Crippen molar-refractivity contribution in [3.8, 4) is 0 Å². The van der Waals surface area contributed by atoms with Crippen molar-refractivity contribution >= 4 is 34.1 Å². The van der Waals surface area contributed by atoms with E-state index in [0.717, 1.165) is 35.9 Å². The van der Waals surface area contributed by atoms with Gasteiger partial charge >= 0.3 is 0 Å². The summed E-state index contributed by atoms with van der Waals surface area (Å²) in [7, 11) is 0. The zero-order valence-electron chi connectivity index (χ0n) is 13.8. The lowest BCUT2D eigenvalue weighted by Crippen LogP contribution is -2.20. The summed E-state index contributed by atoms with van der Waals surface area (Å²) in [6, 6.07) is 3.60. The zero-order valence-corrected chi connectivity index (χ0v) is 15.4. The molecule has 1 atom stereocenters. The monoisotopic (exact) mass is 363 g/mol. The summed E-state index contributed by atoms with van der Waals surface area (Å²) in [6.45, 7) is 7.87. The molecule has 1 saturated heterocycles. The average molecular weight is 364 g/mol. The predicted molar refractivity (Wildman–Crippen MR) is 102 cm³/mol. The number of rotatable bonds is 7. The molecular weight excluding hydrogens is 341 g/mol. The predicted octanol–water partition coefficient (Wildman–Crippen LogP) is 5.50. The van der Waals surface area contributed by atoms with E-state index in [1.165, 1.54) is 36.1 Å². The lowest BCUT2D eigenvalue weighted by atomic mass is 10.0. The first-order chi connectivity index (χ1) is 11.7. The fourth-order valence-corrected chi connectivity index (χ4v) is 4.41. The van der Waals surface area contributed by atoms with Crippen LogP contribution in [0.15, 0.2) is 41.3 Å². The van der Waals surface area contributed by atoms with Gasteiger partial charge in [0, 0.05) is 30.4 Å². The van der Waals surface area contributed by atoms with Crippen molar-refractivity contribution < 1.29 is 4.39 Å². The molecule has 1 aliphatic rings. The second-order valence-corrected chi connectivity index (χ2v) is 7.82. The molecule has 0 aliphatic carbocycles. The molecule has 3 rings (SSSR count). The Kier molecular flexibility index (Phi) is 5.79. The van der Waals surface area contributed by atoms with Crippen molar-refractivity contribution in [2.75, 3.05) is 22.7 Å². The van der Waals surface area contributed by atoms with Gasteiger partial charge in [-0.15, -0.1) is 17.9 Å². The van der Waals surface area contributed by atoms with E-state index >= 15 is 0 Å². The molecular formula is C18H22FN3S2. The largest absolute Gasteiger partial charge is 0.371 e. The molecule has 0 saturated carbocycles. The first-order valence-electron chi connectivity index (χ1n) is 8.15. The van der Waals surface area contributed by atoms with E-state index in [2.05, 4.69) is 28.1 Å². The molecule has 1 aliphatic heterocycles. The number of aryl methyl sites for hydroxylation is 1. The Morgan fingerprint density at radius 1 is 1.54 bits per heavy atom. The lowest BCUT2D eigenvalue weighted by molar-refractivity contribution is 0.544. The van der Waals surface area contributed by atoms with Crippen molar-refractivity contribution in [1.82, 2.24) is 4.98 Å². The molecule has 0 spiro atoms. The van der Waals surface area contributed by atoms with E-state index in [1.807, 2.05) is 17.5 Å². The summed E-state index contributed by atoms with van der Waals surface area (Å²) in [5.74, 6) is 0.505. The van der Waals surface area contributed by atoms with Gasteiger partial charge in [-0.1, -0.05) is 6.08 Å². The van der Waals surface area contributed by atoms with Gasteiger partial charge in [0.2, 0.25) is 0 Å². The van der Waals surface area contributed by atoms with Crippen LogP contribution in [0.5, 0.6) is 0 Å². The molecule has 1 aromatic heterocycles. The second kappa shape index (κ2) is 8.03. The number of nitrogens with zero attached hydrogens (tertiary/aromatic N) is 2. The maximum atomic E-state index is 14.5. The van der Waals surface area contributed by atoms with E-state index in [0.29, 0.717) is 10.8 Å². The molecule has 2 aromatic rings. The molecule has 2 heterocycles. The summed E-state index contributed by atoms with van der Waals surface area (Å²) in [6.07, 6.45) is 7.12. The molecule has 24 heavy (non-hydrogen) atoms. The molecule has 0 bridgehead atoms. The van der Waals surface area contributed by atoms with Gasteiger partial charge in [-0.25, -0.2) is 9.37 Å². The molecule has 6 heteroatoms. The third kappa shape index (κ3) is 4.11. The summed E-state index contributed by atoms with van der Waals surface area (Å²) in [4.78, 5) is 7.07. The van der Waals surface area contributed by atoms with Crippen LogP contribution >= 0.6 is 23.3 Å². The minimum atomic E-state index is -0.181. The van der Waals surface area contributed by atoms with Gasteiger partial charge in [0.25, 0.3) is 0 Å². The average Bonchev–Trinajstić information content (AvgIpc) is 3.24. The molecule has 3 nitrogen and oxygen atoms in total. The number of hydrogen-bond donors (Lipinski definition) is 1. The Balaban J connectivity index is 1.67. The zero-order chi connectivity index (χ0) is 16.9. The van der Waals surface area contributed by atoms with E-state index in [4.69, 9.17) is 0 Å². The van der Waals surface area contributed by atoms with Crippen molar-refractivity contribution in [2.24, 2.45) is 5.92 Å². The summed E-state index contributed by atoms with van der Waals surface area (Å²) < 4.78 is 17.6. The van der Waals surface area contributed by atoms with Crippen molar-refractivity contribution in [2.45, 2.75) is 31.1 Å². The SMILES string of the molecule is C=CCCC1CCN(c2cc(F)c(SNc3nccs3)cc2C)C1. The van der Waals surface area contributed by atoms with Crippen LogP contribution in [0, 0.1) is 18.7 Å². The third-order valence-corrected chi connectivity index (χ3v) is 5.98. The number of thiazole rings is 1. The summed E-state index contributed by atoms with van der Waals surface area (Å²) >= 11 is 2.78. The van der Waals surface area contributed by atoms with Crippen LogP contribution in [0.2, 0.25) is 0 Å². The van der Waals surface area contributed by atoms with Crippen LogP contribution in [-0.4, -0.2) is 18.1 Å². The van der Waals surface area contributed by atoms with Crippen LogP contribution in [0.1, 0.15) is 24.8 Å². The molecule has 1 aromatic carbocycles. The number of hydrogen-bond acceptors (Lipinski definition) is 5. The number of benzene rings is 1. The van der Waals surface area contributed by atoms with E-state index in [9.17, 15) is 4.39 Å². The molecule has 0 amide bonds. The highest BCUT2D eigenvalue weighted by Gasteiger charge is 2.24. The van der Waals surface area contributed by atoms with Gasteiger partial charge in [0.05, 0.1) is 4.90 Å². The highest BCUT2D eigenvalue weighted by molar-refractivity contribution is 8.00. The Morgan fingerprint density at radius 3 is 3.17 bits per heavy atom. The van der Waals surface area contributed by atoms with Crippen molar-refractivity contribution in [1.29, 1.82) is 0 Å². The molecule has 0 radical (unpaired) electrons. The van der Waals surface area contributed by atoms with Gasteiger partial charge in [-0.2, -0.15) is 0 Å². The van der Waals surface area contributed by atoms with Gasteiger partial charge in [-0.3, -0.25) is 0 Å². The first kappa shape index (κ1) is 17.3. The number of nitrogens with one attached hydrogen (secondary N) is 1. The molecule has 1 unspecified atom stereocenters. The Labute approximate surface area is 151 Å². The van der Waals surface area contributed by atoms with E-state index in [1.54, 1.807) is 12.3 Å². The normalized spacial score (nSPS) is 17.2. The highest BCUT2D eigenvalue weighted by atomic mass is 32.2. The van der Waals surface area contributed by atoms with Crippen LogP contribution in [0.4, 0.5) is 15.2 Å². The standard InChI is InChI=1S/C18H22FN3S2/c1-3-4-5-14-6-8-22(12-14)16-11-15(19)17(10-13(16)2)24-21-18-20-7-9-23-18/h3,7,9-11,14H,1,4-6,8,12H2,2H3,(H,20,21). The number of allylic oxidation sites excluding steroid dienone is 1. The van der Waals surface area contributed by atoms with Crippen LogP contribution < -0.4 is 9.62 Å². The minimum Gasteiger partial charge on any atom is -0.371 e. The highest BCUT2D eigenvalue weighted by Crippen LogP contribution is 2.34. The van der Waals surface area contributed by atoms with Gasteiger partial charge in [0.1, 0.15) is 5.82 Å². The van der Waals surface area contributed by atoms with Crippen LogP contribution in [-0.2, 0) is 0 Å². The second-order valence-electron chi connectivity index (χ2n) is 6.08. The fraction of sp³-hybridized carbons (Fsp3) is 0.389. The van der Waals surface area contributed by atoms with Crippen molar-refractivity contribution in [3.63, 3.8) is 0 Å². The number of aromatic nitrogens is 1. The lowest BCUT2D eigenvalue weighted by Gasteiger charge is -2.22. The van der Waals surface area contributed by atoms with E-state index in [-0.39, 0.29) is 5.82 Å². The topological polar surface area (TPSA) is 28.2 Å². The first-order valence-corrected chi connectivity index (χ1v) is 9.85. The Bertz CT molecular complexity index is 688. The number of halogens is 1. The fourth-order valence-electron chi connectivity index (χ4n) is 3.08. The van der Waals surface area contributed by atoms with Crippen LogP contribution in [0.3, 0.4) is 0 Å². The maximum Gasteiger partial charge on any atom is 0.192 e. The Hall–Kier alpha value is -1.53. The Morgan fingerprint density at radius 2 is 2.42 bits per heavy atom. The molecule has 1 N–H and O–H groups in total. The van der Waals surface area contributed by atoms with Gasteiger partial charge < -0.3 is 9.62 Å². The van der Waals surface area contributed by atoms with Gasteiger partial charge in [-0.05, 0) is 61.7 Å². The summed E-state index contributed by atoms with van der Waals surface area (Å²) in [5.41, 5.74) is 2.14. The van der Waals surface area contributed by atoms with Crippen molar-refractivity contribution in [3.05, 3.63) is 47.7 Å². The third-order valence-electron chi connectivity index (χ3n) is 4.34. The minimum absolute atomic E-state index is 0.181. The van der Waals surface area contributed by atoms with Gasteiger partial charge in [0.15, 0.2) is 5.13 Å². The number of anilines is 2. The maximum absolute atomic E-state index is 14.5. The van der Waals surface area contributed by atoms with Crippen LogP contribution in [0.25, 0.3) is 0 Å². The summed E-state index contributed by atoms with van der Waals surface area (Å²) in [5, 5.41) is 2.68. The van der Waals surface area contributed by atoms with E-state index < -0.39 is 0 Å². The molecule has 1 fully saturated rings. The quantitative estimate of drug-likeness (QED) is 0.519. The smallest absolute Gasteiger partial charge is 0.192 e.